The van der Waals surface area contributed by atoms with E-state index >= 15 is 0 Å². The molecule has 2 heterocycles. The third-order valence-corrected chi connectivity index (χ3v) is 5.41. The van der Waals surface area contributed by atoms with Crippen molar-refractivity contribution in [1.29, 1.82) is 0 Å². The van der Waals surface area contributed by atoms with Crippen LogP contribution in [-0.2, 0) is 20.9 Å². The van der Waals surface area contributed by atoms with Gasteiger partial charge in [-0.1, -0.05) is 6.07 Å². The van der Waals surface area contributed by atoms with Crippen molar-refractivity contribution in [3.05, 3.63) is 59.2 Å². The van der Waals surface area contributed by atoms with Gasteiger partial charge < -0.3 is 21.3 Å². The second kappa shape index (κ2) is 8.50. The Morgan fingerprint density at radius 3 is 2.66 bits per heavy atom. The Labute approximate surface area is 183 Å². The summed E-state index contributed by atoms with van der Waals surface area (Å²) in [5, 5.41) is 7.95. The number of hydrogen-bond donors (Lipinski definition) is 4. The summed E-state index contributed by atoms with van der Waals surface area (Å²) in [6.07, 6.45) is 0.493. The average molecular weight is 435 g/mol. The quantitative estimate of drug-likeness (QED) is 0.488. The number of fused-ring (bicyclic) bond motifs is 1. The van der Waals surface area contributed by atoms with Gasteiger partial charge in [-0.15, -0.1) is 0 Å². The van der Waals surface area contributed by atoms with Crippen LogP contribution in [0.2, 0.25) is 0 Å². The Balaban J connectivity index is 1.37. The molecule has 2 aromatic rings. The summed E-state index contributed by atoms with van der Waals surface area (Å²) in [7, 11) is 0. The molecule has 10 nitrogen and oxygen atoms in total. The Bertz CT molecular complexity index is 1150. The number of benzene rings is 2. The van der Waals surface area contributed by atoms with Gasteiger partial charge in [-0.25, -0.2) is 0 Å². The Hall–Kier alpha value is -4.21. The van der Waals surface area contributed by atoms with Crippen molar-refractivity contribution in [3.63, 3.8) is 0 Å². The first-order valence-corrected chi connectivity index (χ1v) is 10.0. The van der Waals surface area contributed by atoms with Crippen LogP contribution < -0.4 is 21.7 Å². The maximum absolute atomic E-state index is 12.7. The Morgan fingerprint density at radius 1 is 1.09 bits per heavy atom. The minimum Gasteiger partial charge on any atom is -0.376 e. The molecule has 0 bridgehead atoms. The highest BCUT2D eigenvalue weighted by Crippen LogP contribution is 2.29. The third kappa shape index (κ3) is 4.29. The molecule has 0 spiro atoms. The zero-order valence-corrected chi connectivity index (χ0v) is 17.0. The average Bonchev–Trinajstić information content (AvgIpc) is 3.08. The maximum atomic E-state index is 12.7. The fourth-order valence-electron chi connectivity index (χ4n) is 3.82. The highest BCUT2D eigenvalue weighted by molar-refractivity contribution is 6.05. The standard InChI is InChI=1S/C22H21N5O5/c23-20(30)12-2-1-3-15(8-12)25-19(29)10-24-14-4-5-16-13(9-14)11-27(22(16)32)17-6-7-18(28)26-21(17)31/h1-5,8-9,17,24H,6-7,10-11H2,(H2,23,30)(H,25,29)(H,26,28,31). The van der Waals surface area contributed by atoms with E-state index in [9.17, 15) is 24.0 Å². The fourth-order valence-corrected chi connectivity index (χ4v) is 3.82. The van der Waals surface area contributed by atoms with Crippen molar-refractivity contribution in [1.82, 2.24) is 10.2 Å². The van der Waals surface area contributed by atoms with E-state index in [-0.39, 0.29) is 37.2 Å². The zero-order chi connectivity index (χ0) is 22.8. The molecular formula is C22H21N5O5. The number of amides is 5. The smallest absolute Gasteiger partial charge is 0.255 e. The lowest BCUT2D eigenvalue weighted by Crippen LogP contribution is -2.52. The van der Waals surface area contributed by atoms with Gasteiger partial charge in [-0.05, 0) is 48.4 Å². The number of piperidine rings is 1. The van der Waals surface area contributed by atoms with Gasteiger partial charge in [0.15, 0.2) is 0 Å². The lowest BCUT2D eigenvalue weighted by Gasteiger charge is -2.29. The second-order valence-corrected chi connectivity index (χ2v) is 7.62. The number of carbonyl (C=O) groups is 5. The van der Waals surface area contributed by atoms with E-state index in [0.717, 1.165) is 5.56 Å². The van der Waals surface area contributed by atoms with Gasteiger partial charge in [0.25, 0.3) is 5.91 Å². The van der Waals surface area contributed by atoms with Crippen LogP contribution in [0.3, 0.4) is 0 Å². The fraction of sp³-hybridized carbons (Fsp3) is 0.227. The summed E-state index contributed by atoms with van der Waals surface area (Å²) in [6.45, 7) is 0.215. The van der Waals surface area contributed by atoms with E-state index in [2.05, 4.69) is 16.0 Å². The second-order valence-electron chi connectivity index (χ2n) is 7.62. The monoisotopic (exact) mass is 435 g/mol. The predicted octanol–water partition coefficient (Wildman–Crippen LogP) is 0.597. The van der Waals surface area contributed by atoms with Crippen LogP contribution in [0.1, 0.15) is 39.1 Å². The molecule has 10 heteroatoms. The van der Waals surface area contributed by atoms with Crippen LogP contribution in [0.25, 0.3) is 0 Å². The Morgan fingerprint density at radius 2 is 1.91 bits per heavy atom. The number of imide groups is 1. The SMILES string of the molecule is NC(=O)c1cccc(NC(=O)CNc2ccc3c(c2)CN(C2CCC(=O)NC2=O)C3=O)c1. The highest BCUT2D eigenvalue weighted by Gasteiger charge is 2.39. The molecule has 1 fully saturated rings. The van der Waals surface area contributed by atoms with Gasteiger partial charge in [-0.2, -0.15) is 0 Å². The summed E-state index contributed by atoms with van der Waals surface area (Å²) in [5.41, 5.74) is 7.86. The van der Waals surface area contributed by atoms with E-state index < -0.39 is 17.9 Å². The number of primary amides is 1. The zero-order valence-electron chi connectivity index (χ0n) is 17.0. The molecule has 5 N–H and O–H groups in total. The number of anilines is 2. The van der Waals surface area contributed by atoms with Crippen molar-refractivity contribution in [2.75, 3.05) is 17.2 Å². The molecule has 32 heavy (non-hydrogen) atoms. The van der Waals surface area contributed by atoms with Crippen LogP contribution in [0, 0.1) is 0 Å². The van der Waals surface area contributed by atoms with Gasteiger partial charge in [-0.3, -0.25) is 29.3 Å². The molecule has 2 aliphatic heterocycles. The van der Waals surface area contributed by atoms with E-state index in [4.69, 9.17) is 5.73 Å². The number of nitrogens with one attached hydrogen (secondary N) is 3. The van der Waals surface area contributed by atoms with E-state index in [1.807, 2.05) is 0 Å². The van der Waals surface area contributed by atoms with E-state index in [1.165, 1.54) is 11.0 Å². The predicted molar refractivity (Wildman–Crippen MR) is 115 cm³/mol. The third-order valence-electron chi connectivity index (χ3n) is 5.41. The van der Waals surface area contributed by atoms with Crippen molar-refractivity contribution in [2.24, 2.45) is 5.73 Å². The van der Waals surface area contributed by atoms with Crippen LogP contribution in [0.15, 0.2) is 42.5 Å². The van der Waals surface area contributed by atoms with Gasteiger partial charge in [0.1, 0.15) is 6.04 Å². The van der Waals surface area contributed by atoms with Crippen molar-refractivity contribution in [2.45, 2.75) is 25.4 Å². The van der Waals surface area contributed by atoms with E-state index in [1.54, 1.807) is 36.4 Å². The molecule has 0 saturated carbocycles. The first-order valence-electron chi connectivity index (χ1n) is 10.0. The number of nitrogens with two attached hydrogens (primary N) is 1. The van der Waals surface area contributed by atoms with Crippen LogP contribution in [0.5, 0.6) is 0 Å². The van der Waals surface area contributed by atoms with Gasteiger partial charge in [0.2, 0.25) is 23.6 Å². The van der Waals surface area contributed by atoms with Gasteiger partial charge >= 0.3 is 0 Å². The molecule has 1 saturated heterocycles. The maximum Gasteiger partial charge on any atom is 0.255 e. The Kier molecular flexibility index (Phi) is 5.59. The van der Waals surface area contributed by atoms with Crippen molar-refractivity contribution < 1.29 is 24.0 Å². The molecule has 1 atom stereocenters. The number of carbonyl (C=O) groups excluding carboxylic acids is 5. The summed E-state index contributed by atoms with van der Waals surface area (Å²) < 4.78 is 0. The van der Waals surface area contributed by atoms with Crippen LogP contribution in [-0.4, -0.2) is 47.0 Å². The summed E-state index contributed by atoms with van der Waals surface area (Å²) in [6, 6.07) is 10.7. The first-order chi connectivity index (χ1) is 15.3. The molecule has 164 valence electrons. The summed E-state index contributed by atoms with van der Waals surface area (Å²) >= 11 is 0. The molecule has 4 rings (SSSR count). The van der Waals surface area contributed by atoms with Gasteiger partial charge in [0, 0.05) is 35.5 Å². The minimum absolute atomic E-state index is 0.0373. The molecule has 0 aromatic heterocycles. The number of nitrogens with zero attached hydrogens (tertiary/aromatic N) is 1. The highest BCUT2D eigenvalue weighted by atomic mass is 16.2. The van der Waals surface area contributed by atoms with Crippen LogP contribution >= 0.6 is 0 Å². The topological polar surface area (TPSA) is 151 Å². The molecule has 1 unspecified atom stereocenters. The lowest BCUT2D eigenvalue weighted by atomic mass is 10.0. The summed E-state index contributed by atoms with van der Waals surface area (Å²) in [4.78, 5) is 61.2. The minimum atomic E-state index is -0.675. The molecule has 5 amide bonds. The first kappa shape index (κ1) is 21.0. The molecule has 2 aromatic carbocycles. The molecule has 0 aliphatic carbocycles. The molecule has 2 aliphatic rings. The van der Waals surface area contributed by atoms with Gasteiger partial charge in [0.05, 0.1) is 6.54 Å². The molecule has 0 radical (unpaired) electrons. The van der Waals surface area contributed by atoms with Crippen molar-refractivity contribution in [3.8, 4) is 0 Å². The molecular weight excluding hydrogens is 414 g/mol. The normalized spacial score (nSPS) is 17.6. The number of hydrogen-bond acceptors (Lipinski definition) is 6. The lowest BCUT2D eigenvalue weighted by molar-refractivity contribution is -0.137. The van der Waals surface area contributed by atoms with Crippen LogP contribution in [0.4, 0.5) is 11.4 Å². The van der Waals surface area contributed by atoms with E-state index in [0.29, 0.717) is 28.9 Å². The van der Waals surface area contributed by atoms with Crippen molar-refractivity contribution >= 4 is 40.9 Å². The summed E-state index contributed by atoms with van der Waals surface area (Å²) in [5.74, 6) is -1.96. The number of rotatable bonds is 6. The largest absolute Gasteiger partial charge is 0.376 e.